The van der Waals surface area contributed by atoms with E-state index in [1.54, 1.807) is 18.6 Å². The number of nitrogens with zero attached hydrogens (tertiary/aromatic N) is 2. The van der Waals surface area contributed by atoms with E-state index in [9.17, 15) is 4.39 Å². The molecule has 31 heavy (non-hydrogen) atoms. The van der Waals surface area contributed by atoms with Crippen molar-refractivity contribution in [2.24, 2.45) is 0 Å². The number of imidazole rings is 1. The van der Waals surface area contributed by atoms with Crippen molar-refractivity contribution in [2.45, 2.75) is 26.1 Å². The molecule has 0 fully saturated rings. The van der Waals surface area contributed by atoms with Gasteiger partial charge in [0, 0.05) is 23.4 Å². The zero-order valence-corrected chi connectivity index (χ0v) is 19.4. The average molecular weight is 477 g/mol. The van der Waals surface area contributed by atoms with Crippen molar-refractivity contribution in [3.05, 3.63) is 109 Å². The summed E-state index contributed by atoms with van der Waals surface area (Å²) >= 11 is 3.51. The van der Waals surface area contributed by atoms with Crippen LogP contribution >= 0.6 is 15.9 Å². The zero-order chi connectivity index (χ0) is 21.9. The maximum atomic E-state index is 12.8. The largest absolute Gasteiger partial charge is 0.306 e. The summed E-state index contributed by atoms with van der Waals surface area (Å²) in [4.78, 5) is 3.93. The second-order valence-electron chi connectivity index (χ2n) is 7.46. The van der Waals surface area contributed by atoms with Crippen molar-refractivity contribution in [3.8, 4) is 5.69 Å². The predicted octanol–water partition coefficient (Wildman–Crippen LogP) is 5.79. The minimum Gasteiger partial charge on any atom is -0.306 e. The van der Waals surface area contributed by atoms with Crippen molar-refractivity contribution in [1.82, 2.24) is 9.55 Å². The molecule has 4 aromatic rings. The molecule has 1 aromatic heterocycles. The molecule has 0 aliphatic heterocycles. The maximum absolute atomic E-state index is 12.8. The molecule has 0 saturated heterocycles. The number of aryl methyl sites for hydroxylation is 1. The number of hydrogen-bond acceptors (Lipinski definition) is 1. The van der Waals surface area contributed by atoms with E-state index in [0.29, 0.717) is 6.71 Å². The van der Waals surface area contributed by atoms with Gasteiger partial charge in [-0.2, -0.15) is 0 Å². The molecule has 4 rings (SSSR count). The number of unbranched alkanes of at least 4 members (excludes halogenated alkanes) is 1. The molecule has 3 aromatic carbocycles. The third-order valence-electron chi connectivity index (χ3n) is 5.22. The number of halogens is 2. The van der Waals surface area contributed by atoms with Crippen LogP contribution in [0.3, 0.4) is 0 Å². The van der Waals surface area contributed by atoms with Crippen molar-refractivity contribution in [1.29, 1.82) is 0 Å². The van der Waals surface area contributed by atoms with Crippen LogP contribution in [0.25, 0.3) is 5.69 Å². The van der Waals surface area contributed by atoms with Gasteiger partial charge in [-0.05, 0) is 37.1 Å². The van der Waals surface area contributed by atoms with Crippen LogP contribution in [0.2, 0.25) is 6.32 Å². The Kier molecular flexibility index (Phi) is 9.10. The quantitative estimate of drug-likeness (QED) is 0.187. The summed E-state index contributed by atoms with van der Waals surface area (Å²) in [5.41, 5.74) is 4.72. The van der Waals surface area contributed by atoms with Crippen LogP contribution < -0.4 is 10.9 Å². The summed E-state index contributed by atoms with van der Waals surface area (Å²) in [6, 6.07) is 26.4. The first-order valence-corrected chi connectivity index (χ1v) is 11.7. The number of benzene rings is 3. The van der Waals surface area contributed by atoms with Crippen LogP contribution in [-0.2, 0) is 0 Å². The normalized spacial score (nSPS) is 10.3. The van der Waals surface area contributed by atoms with Gasteiger partial charge in [-0.3, -0.25) is 0 Å². The lowest BCUT2D eigenvalue weighted by atomic mass is 9.38. The average Bonchev–Trinajstić information content (AvgIpc) is 3.33. The van der Waals surface area contributed by atoms with Gasteiger partial charge in [-0.15, -0.1) is 0 Å². The van der Waals surface area contributed by atoms with Crippen molar-refractivity contribution < 1.29 is 4.39 Å². The Labute approximate surface area is 193 Å². The highest BCUT2D eigenvalue weighted by Crippen LogP contribution is 2.14. The lowest BCUT2D eigenvalue weighted by Crippen LogP contribution is -2.41. The number of alkyl halides is 1. The molecule has 0 aliphatic rings. The SMILES string of the molecule is BrCCCCB(c1ccccc1)c1ccccc1.Cc1cc(F)ccc1-n1ccnc1. The van der Waals surface area contributed by atoms with Crippen LogP contribution in [0, 0.1) is 12.7 Å². The van der Waals surface area contributed by atoms with E-state index < -0.39 is 0 Å². The highest BCUT2D eigenvalue weighted by Gasteiger charge is 2.17. The van der Waals surface area contributed by atoms with Crippen LogP contribution in [0.4, 0.5) is 4.39 Å². The van der Waals surface area contributed by atoms with Crippen molar-refractivity contribution in [3.63, 3.8) is 0 Å². The van der Waals surface area contributed by atoms with E-state index in [2.05, 4.69) is 81.6 Å². The molecule has 0 saturated carbocycles. The number of aromatic nitrogens is 2. The van der Waals surface area contributed by atoms with Crippen LogP contribution in [0.5, 0.6) is 0 Å². The lowest BCUT2D eigenvalue weighted by molar-refractivity contribution is 0.626. The first-order valence-electron chi connectivity index (χ1n) is 10.6. The second-order valence-corrected chi connectivity index (χ2v) is 8.25. The van der Waals surface area contributed by atoms with Crippen LogP contribution in [0.15, 0.2) is 97.6 Å². The first kappa shape index (κ1) is 23.0. The van der Waals surface area contributed by atoms with Gasteiger partial charge < -0.3 is 4.57 Å². The van der Waals surface area contributed by atoms with Crippen molar-refractivity contribution in [2.75, 3.05) is 5.33 Å². The molecule has 2 nitrogen and oxygen atoms in total. The maximum Gasteiger partial charge on any atom is 0.209 e. The van der Waals surface area contributed by atoms with E-state index in [0.717, 1.165) is 16.6 Å². The first-order chi connectivity index (χ1) is 15.2. The Balaban J connectivity index is 0.000000185. The van der Waals surface area contributed by atoms with Gasteiger partial charge in [0.15, 0.2) is 0 Å². The van der Waals surface area contributed by atoms with Gasteiger partial charge in [0.1, 0.15) is 5.82 Å². The molecule has 0 amide bonds. The second kappa shape index (κ2) is 12.3. The highest BCUT2D eigenvalue weighted by molar-refractivity contribution is 9.09. The molecule has 158 valence electrons. The molecule has 0 bridgehead atoms. The number of hydrogen-bond donors (Lipinski definition) is 0. The minimum atomic E-state index is -0.207. The molecule has 0 spiro atoms. The Bertz CT molecular complexity index is 984. The lowest BCUT2D eigenvalue weighted by Gasteiger charge is -2.14. The standard InChI is InChI=1S/C16H18BBr.C10H9FN2/c18-14-8-7-13-17(15-9-3-1-4-10-15)16-11-5-2-6-12-16;1-8-6-9(11)2-3-10(8)13-5-4-12-7-13/h1-6,9-12H,7-8,13-14H2;2-7H,1H3. The fourth-order valence-corrected chi connectivity index (χ4v) is 4.05. The Morgan fingerprint density at radius 3 is 2.06 bits per heavy atom. The summed E-state index contributed by atoms with van der Waals surface area (Å²) in [5, 5.41) is 1.10. The topological polar surface area (TPSA) is 17.8 Å². The fourth-order valence-electron chi connectivity index (χ4n) is 3.65. The Morgan fingerprint density at radius 1 is 0.903 bits per heavy atom. The third kappa shape index (κ3) is 6.93. The van der Waals surface area contributed by atoms with E-state index in [1.807, 2.05) is 17.7 Å². The molecule has 0 unspecified atom stereocenters. The Hall–Kier alpha value is -2.66. The van der Waals surface area contributed by atoms with Crippen molar-refractivity contribution >= 4 is 33.6 Å². The van der Waals surface area contributed by atoms with Gasteiger partial charge >= 0.3 is 0 Å². The molecule has 5 heteroatoms. The molecule has 1 heterocycles. The summed E-state index contributed by atoms with van der Waals surface area (Å²) < 4.78 is 14.6. The van der Waals surface area contributed by atoms with Crippen LogP contribution in [-0.4, -0.2) is 21.6 Å². The molecule has 0 aliphatic carbocycles. The zero-order valence-electron chi connectivity index (χ0n) is 17.8. The molecular weight excluding hydrogens is 450 g/mol. The molecule has 0 atom stereocenters. The summed E-state index contributed by atoms with van der Waals surface area (Å²) in [7, 11) is 0. The molecule has 0 N–H and O–H groups in total. The summed E-state index contributed by atoms with van der Waals surface area (Å²) in [5.74, 6) is -0.207. The van der Waals surface area contributed by atoms with Gasteiger partial charge in [-0.25, -0.2) is 9.37 Å². The van der Waals surface area contributed by atoms with Gasteiger partial charge in [0.25, 0.3) is 0 Å². The molecule has 0 radical (unpaired) electrons. The Morgan fingerprint density at radius 2 is 1.55 bits per heavy atom. The molecular formula is C26H27BBrFN2. The van der Waals surface area contributed by atoms with Gasteiger partial charge in [0.05, 0.1) is 6.33 Å². The van der Waals surface area contributed by atoms with Crippen LogP contribution in [0.1, 0.15) is 18.4 Å². The number of rotatable bonds is 7. The van der Waals surface area contributed by atoms with Gasteiger partial charge in [0.2, 0.25) is 6.71 Å². The summed E-state index contributed by atoms with van der Waals surface area (Å²) in [6.45, 7) is 2.41. The predicted molar refractivity (Wildman–Crippen MR) is 134 cm³/mol. The smallest absolute Gasteiger partial charge is 0.209 e. The fraction of sp³-hybridized carbons (Fsp3) is 0.192. The highest BCUT2D eigenvalue weighted by atomic mass is 79.9. The minimum absolute atomic E-state index is 0.207. The van der Waals surface area contributed by atoms with E-state index in [-0.39, 0.29) is 5.82 Å². The van der Waals surface area contributed by atoms with Gasteiger partial charge in [-0.1, -0.05) is 100 Å². The summed E-state index contributed by atoms with van der Waals surface area (Å²) in [6.07, 6.45) is 8.96. The van der Waals surface area contributed by atoms with E-state index in [1.165, 1.54) is 42.2 Å². The monoisotopic (exact) mass is 476 g/mol. The van der Waals surface area contributed by atoms with E-state index in [4.69, 9.17) is 0 Å². The third-order valence-corrected chi connectivity index (χ3v) is 5.78. The van der Waals surface area contributed by atoms with E-state index >= 15 is 0 Å².